The van der Waals surface area contributed by atoms with Gasteiger partial charge in [-0.25, -0.2) is 4.39 Å². The lowest BCUT2D eigenvalue weighted by Gasteiger charge is -2.06. The molecule has 7 nitrogen and oxygen atoms in total. The quantitative estimate of drug-likeness (QED) is 0.444. The Kier molecular flexibility index (Phi) is 5.99. The highest BCUT2D eigenvalue weighted by molar-refractivity contribution is 6.31. The molecule has 0 fully saturated rings. The Morgan fingerprint density at radius 3 is 2.84 bits per heavy atom. The van der Waals surface area contributed by atoms with Gasteiger partial charge >= 0.3 is 0 Å². The van der Waals surface area contributed by atoms with Crippen LogP contribution in [0.15, 0.2) is 65.4 Å². The summed E-state index contributed by atoms with van der Waals surface area (Å²) in [6.07, 6.45) is 3.15. The van der Waals surface area contributed by atoms with E-state index in [0.29, 0.717) is 39.9 Å². The number of aromatic nitrogens is 3. The number of aryl methyl sites for hydroxylation is 1. The van der Waals surface area contributed by atoms with Crippen LogP contribution in [-0.2, 0) is 13.2 Å². The number of rotatable bonds is 7. The minimum Gasteiger partial charge on any atom is -0.489 e. The van der Waals surface area contributed by atoms with E-state index in [1.54, 1.807) is 23.9 Å². The number of anilines is 1. The van der Waals surface area contributed by atoms with Gasteiger partial charge in [0.1, 0.15) is 23.9 Å². The number of amides is 1. The van der Waals surface area contributed by atoms with Crippen molar-refractivity contribution >= 4 is 23.2 Å². The van der Waals surface area contributed by atoms with Gasteiger partial charge in [-0.05, 0) is 36.8 Å². The van der Waals surface area contributed by atoms with E-state index in [0.717, 1.165) is 0 Å². The molecule has 0 aliphatic heterocycles. The van der Waals surface area contributed by atoms with Gasteiger partial charge in [0, 0.05) is 11.2 Å². The van der Waals surface area contributed by atoms with E-state index in [2.05, 4.69) is 15.6 Å². The molecule has 0 atom stereocenters. The first-order valence-electron chi connectivity index (χ1n) is 9.40. The Labute approximate surface area is 182 Å². The molecule has 0 saturated heterocycles. The van der Waals surface area contributed by atoms with Crippen LogP contribution in [0.3, 0.4) is 0 Å². The predicted octanol–water partition coefficient (Wildman–Crippen LogP) is 4.85. The molecule has 1 N–H and O–H groups in total. The van der Waals surface area contributed by atoms with Crippen LogP contribution in [-0.4, -0.2) is 20.8 Å². The van der Waals surface area contributed by atoms with Gasteiger partial charge < -0.3 is 14.6 Å². The molecular formula is C22H18ClFN4O3. The molecular weight excluding hydrogens is 423 g/mol. The van der Waals surface area contributed by atoms with Crippen molar-refractivity contribution in [3.05, 3.63) is 94.3 Å². The zero-order chi connectivity index (χ0) is 21.8. The third-order valence-corrected chi connectivity index (χ3v) is 4.92. The number of halogens is 2. The first-order valence-corrected chi connectivity index (χ1v) is 9.78. The van der Waals surface area contributed by atoms with Gasteiger partial charge in [0.2, 0.25) is 0 Å². The van der Waals surface area contributed by atoms with Crippen molar-refractivity contribution < 1.29 is 18.4 Å². The number of nitrogens with one attached hydrogen (secondary N) is 1. The number of hydrogen-bond donors (Lipinski definition) is 1. The smallest absolute Gasteiger partial charge is 0.278 e. The summed E-state index contributed by atoms with van der Waals surface area (Å²) in [6, 6.07) is 13.4. The highest BCUT2D eigenvalue weighted by Gasteiger charge is 2.21. The minimum absolute atomic E-state index is 0.141. The molecule has 2 aromatic heterocycles. The molecule has 0 unspecified atom stereocenters. The standard InChI is InChI=1S/C22H18ClFN4O3/c1-14-19(13-30-18-5-3-2-4-6-18)21(27-31-14)22(29)26-17-10-25-28(12-17)11-15-7-8-16(24)9-20(15)23/h2-10,12H,11,13H2,1H3,(H,26,29). The fourth-order valence-corrected chi connectivity index (χ4v) is 3.17. The Morgan fingerprint density at radius 2 is 2.06 bits per heavy atom. The monoisotopic (exact) mass is 440 g/mol. The van der Waals surface area contributed by atoms with E-state index < -0.39 is 11.7 Å². The van der Waals surface area contributed by atoms with Crippen molar-refractivity contribution in [2.24, 2.45) is 0 Å². The SMILES string of the molecule is Cc1onc(C(=O)Nc2cnn(Cc3ccc(F)cc3Cl)c2)c1COc1ccccc1. The zero-order valence-electron chi connectivity index (χ0n) is 16.5. The van der Waals surface area contributed by atoms with Gasteiger partial charge in [-0.2, -0.15) is 5.10 Å². The maximum absolute atomic E-state index is 13.2. The van der Waals surface area contributed by atoms with Gasteiger partial charge in [0.15, 0.2) is 5.69 Å². The Morgan fingerprint density at radius 1 is 1.26 bits per heavy atom. The molecule has 158 valence electrons. The second-order valence-electron chi connectivity index (χ2n) is 6.78. The normalized spacial score (nSPS) is 10.8. The Hall–Kier alpha value is -3.65. The number of carbonyl (C=O) groups is 1. The van der Waals surface area contributed by atoms with Gasteiger partial charge in [0.05, 0.1) is 24.0 Å². The summed E-state index contributed by atoms with van der Waals surface area (Å²) in [6.45, 7) is 2.19. The molecule has 4 rings (SSSR count). The maximum atomic E-state index is 13.2. The molecule has 31 heavy (non-hydrogen) atoms. The van der Waals surface area contributed by atoms with Crippen LogP contribution >= 0.6 is 11.6 Å². The number of benzene rings is 2. The second-order valence-corrected chi connectivity index (χ2v) is 7.19. The summed E-state index contributed by atoms with van der Waals surface area (Å²) >= 11 is 6.06. The van der Waals surface area contributed by atoms with Crippen molar-refractivity contribution in [2.75, 3.05) is 5.32 Å². The molecule has 0 radical (unpaired) electrons. The zero-order valence-corrected chi connectivity index (χ0v) is 17.3. The molecule has 0 spiro atoms. The van der Waals surface area contributed by atoms with Crippen molar-refractivity contribution in [3.8, 4) is 5.75 Å². The molecule has 2 heterocycles. The van der Waals surface area contributed by atoms with E-state index in [-0.39, 0.29) is 12.3 Å². The van der Waals surface area contributed by atoms with E-state index in [9.17, 15) is 9.18 Å². The third-order valence-electron chi connectivity index (χ3n) is 4.56. The number of hydrogen-bond acceptors (Lipinski definition) is 5. The van der Waals surface area contributed by atoms with E-state index in [1.807, 2.05) is 30.3 Å². The van der Waals surface area contributed by atoms with Crippen molar-refractivity contribution in [1.29, 1.82) is 0 Å². The Balaban J connectivity index is 1.43. The highest BCUT2D eigenvalue weighted by Crippen LogP contribution is 2.21. The number of carbonyl (C=O) groups excluding carboxylic acids is 1. The van der Waals surface area contributed by atoms with Crippen molar-refractivity contribution in [2.45, 2.75) is 20.1 Å². The van der Waals surface area contributed by atoms with Crippen molar-refractivity contribution in [1.82, 2.24) is 14.9 Å². The van der Waals surface area contributed by atoms with Crippen LogP contribution in [0, 0.1) is 12.7 Å². The van der Waals surface area contributed by atoms with E-state index >= 15 is 0 Å². The topological polar surface area (TPSA) is 82.2 Å². The Bertz CT molecular complexity index is 1210. The van der Waals surface area contributed by atoms with Crippen LogP contribution in [0.5, 0.6) is 5.75 Å². The lowest BCUT2D eigenvalue weighted by molar-refractivity contribution is 0.101. The van der Waals surface area contributed by atoms with Crippen molar-refractivity contribution in [3.63, 3.8) is 0 Å². The minimum atomic E-state index is -0.442. The lowest BCUT2D eigenvalue weighted by atomic mass is 10.2. The van der Waals surface area contributed by atoms with Gasteiger partial charge in [-0.15, -0.1) is 0 Å². The summed E-state index contributed by atoms with van der Waals surface area (Å²) in [5.41, 5.74) is 1.88. The molecule has 0 aliphatic rings. The average molecular weight is 441 g/mol. The molecule has 1 amide bonds. The first kappa shape index (κ1) is 20.6. The number of para-hydroxylation sites is 1. The number of ether oxygens (including phenoxy) is 1. The van der Waals surface area contributed by atoms with Crippen LogP contribution in [0.4, 0.5) is 10.1 Å². The van der Waals surface area contributed by atoms with E-state index in [4.69, 9.17) is 20.9 Å². The number of nitrogens with zero attached hydrogens (tertiary/aromatic N) is 3. The van der Waals surface area contributed by atoms with Gasteiger partial charge in [-0.1, -0.05) is 41.0 Å². The third kappa shape index (κ3) is 4.92. The summed E-state index contributed by atoms with van der Waals surface area (Å²) < 4.78 is 25.7. The fraction of sp³-hybridized carbons (Fsp3) is 0.136. The molecule has 0 bridgehead atoms. The highest BCUT2D eigenvalue weighted by atomic mass is 35.5. The summed E-state index contributed by atoms with van der Waals surface area (Å²) in [4.78, 5) is 12.7. The summed E-state index contributed by atoms with van der Waals surface area (Å²) in [7, 11) is 0. The molecule has 4 aromatic rings. The molecule has 2 aromatic carbocycles. The maximum Gasteiger partial charge on any atom is 0.278 e. The molecule has 0 aliphatic carbocycles. The second kappa shape index (κ2) is 9.01. The van der Waals surface area contributed by atoms with Gasteiger partial charge in [0.25, 0.3) is 5.91 Å². The predicted molar refractivity (Wildman–Crippen MR) is 113 cm³/mol. The van der Waals surface area contributed by atoms with Crippen LogP contribution in [0.1, 0.15) is 27.4 Å². The molecule has 0 saturated carbocycles. The first-order chi connectivity index (χ1) is 15.0. The van der Waals surface area contributed by atoms with Crippen LogP contribution in [0.2, 0.25) is 5.02 Å². The van der Waals surface area contributed by atoms with Gasteiger partial charge in [-0.3, -0.25) is 9.48 Å². The largest absolute Gasteiger partial charge is 0.489 e. The average Bonchev–Trinajstić information content (AvgIpc) is 3.35. The van der Waals surface area contributed by atoms with Crippen LogP contribution in [0.25, 0.3) is 0 Å². The molecule has 9 heteroatoms. The van der Waals surface area contributed by atoms with Crippen LogP contribution < -0.4 is 10.1 Å². The van der Waals surface area contributed by atoms with E-state index in [1.165, 1.54) is 18.3 Å². The summed E-state index contributed by atoms with van der Waals surface area (Å²) in [5.74, 6) is 0.331. The summed E-state index contributed by atoms with van der Waals surface area (Å²) in [5, 5.41) is 11.1. The fourth-order valence-electron chi connectivity index (χ4n) is 2.94. The lowest BCUT2D eigenvalue weighted by Crippen LogP contribution is -2.15.